The molecule has 0 radical (unpaired) electrons. The van der Waals surface area contributed by atoms with Gasteiger partial charge in [0.2, 0.25) is 0 Å². The van der Waals surface area contributed by atoms with E-state index in [9.17, 15) is 17.6 Å². The van der Waals surface area contributed by atoms with Crippen LogP contribution < -0.4 is 0 Å². The van der Waals surface area contributed by atoms with Gasteiger partial charge in [-0.1, -0.05) is 11.6 Å². The third-order valence-corrected chi connectivity index (χ3v) is 5.17. The Bertz CT molecular complexity index is 659. The van der Waals surface area contributed by atoms with Crippen LogP contribution in [-0.2, 0) is 9.05 Å². The van der Waals surface area contributed by atoms with Crippen LogP contribution in [0.1, 0.15) is 29.6 Å². The molecule has 20 heavy (non-hydrogen) atoms. The van der Waals surface area contributed by atoms with Gasteiger partial charge in [-0.15, -0.1) is 0 Å². The maximum absolute atomic E-state index is 13.7. The minimum Gasteiger partial charge on any atom is -0.339 e. The quantitative estimate of drug-likeness (QED) is 0.795. The predicted molar refractivity (Wildman–Crippen MR) is 74.2 cm³/mol. The van der Waals surface area contributed by atoms with Crippen molar-refractivity contribution < 1.29 is 17.6 Å². The molecule has 110 valence electrons. The summed E-state index contributed by atoms with van der Waals surface area (Å²) in [5.41, 5.74) is -0.194. The Labute approximate surface area is 125 Å². The van der Waals surface area contributed by atoms with Gasteiger partial charge < -0.3 is 4.90 Å². The smallest absolute Gasteiger partial charge is 0.261 e. The van der Waals surface area contributed by atoms with E-state index in [0.717, 1.165) is 25.3 Å². The van der Waals surface area contributed by atoms with Crippen molar-refractivity contribution in [2.24, 2.45) is 0 Å². The number of hydrogen-bond donors (Lipinski definition) is 0. The summed E-state index contributed by atoms with van der Waals surface area (Å²) in [5.74, 6) is -1.50. The van der Waals surface area contributed by atoms with Gasteiger partial charge in [0.15, 0.2) is 0 Å². The van der Waals surface area contributed by atoms with Gasteiger partial charge in [0, 0.05) is 23.8 Å². The van der Waals surface area contributed by atoms with Gasteiger partial charge in [0.25, 0.3) is 15.0 Å². The van der Waals surface area contributed by atoms with Crippen molar-refractivity contribution >= 4 is 37.2 Å². The lowest BCUT2D eigenvalue weighted by molar-refractivity contribution is 0.0651. The van der Waals surface area contributed by atoms with Crippen molar-refractivity contribution in [3.8, 4) is 0 Å². The monoisotopic (exact) mass is 339 g/mol. The summed E-state index contributed by atoms with van der Waals surface area (Å²) in [4.78, 5) is 13.2. The highest BCUT2D eigenvalue weighted by Crippen LogP contribution is 2.30. The maximum atomic E-state index is 13.7. The predicted octanol–water partition coefficient (Wildman–Crippen LogP) is 3.03. The number of hydrogen-bond acceptors (Lipinski definition) is 3. The molecule has 2 rings (SSSR count). The number of benzene rings is 1. The Morgan fingerprint density at radius 3 is 2.45 bits per heavy atom. The van der Waals surface area contributed by atoms with Gasteiger partial charge in [0.05, 0.1) is 15.5 Å². The molecule has 4 nitrogen and oxygen atoms in total. The minimum absolute atomic E-state index is 0.0814. The molecule has 0 atom stereocenters. The van der Waals surface area contributed by atoms with Crippen LogP contribution in [0.15, 0.2) is 17.0 Å². The van der Waals surface area contributed by atoms with Crippen LogP contribution in [0, 0.1) is 5.82 Å². The van der Waals surface area contributed by atoms with Crippen molar-refractivity contribution in [1.82, 2.24) is 4.90 Å². The van der Waals surface area contributed by atoms with Crippen molar-refractivity contribution in [2.45, 2.75) is 30.2 Å². The zero-order valence-corrected chi connectivity index (χ0v) is 12.9. The van der Waals surface area contributed by atoms with Gasteiger partial charge in [-0.3, -0.25) is 4.79 Å². The molecule has 0 bridgehead atoms. The summed E-state index contributed by atoms with van der Waals surface area (Å²) in [5, 5.41) is -0.398. The van der Waals surface area contributed by atoms with Gasteiger partial charge in [-0.2, -0.15) is 0 Å². The number of amides is 1. The summed E-state index contributed by atoms with van der Waals surface area (Å²) in [6, 6.07) is 1.79. The van der Waals surface area contributed by atoms with E-state index in [2.05, 4.69) is 0 Å². The zero-order chi connectivity index (χ0) is 15.1. The molecular weight excluding hydrogens is 328 g/mol. The highest BCUT2D eigenvalue weighted by Gasteiger charge is 2.29. The standard InChI is InChI=1S/C12H12Cl2FNO3S/c1-16(7-3-2-4-7)12(17)9-5-8(20(14,18)19)6-10(15)11(9)13/h5-7H,2-4H2,1H3. The second-order valence-electron chi connectivity index (χ2n) is 4.71. The molecule has 1 amide bonds. The van der Waals surface area contributed by atoms with E-state index < -0.39 is 30.7 Å². The van der Waals surface area contributed by atoms with Gasteiger partial charge >= 0.3 is 0 Å². The lowest BCUT2D eigenvalue weighted by atomic mass is 9.91. The van der Waals surface area contributed by atoms with Crippen LogP contribution in [0.2, 0.25) is 5.02 Å². The van der Waals surface area contributed by atoms with Crippen molar-refractivity contribution in [1.29, 1.82) is 0 Å². The largest absolute Gasteiger partial charge is 0.339 e. The molecule has 1 aromatic rings. The molecule has 0 N–H and O–H groups in total. The van der Waals surface area contributed by atoms with E-state index in [-0.39, 0.29) is 11.6 Å². The topological polar surface area (TPSA) is 54.5 Å². The van der Waals surface area contributed by atoms with E-state index in [1.807, 2.05) is 0 Å². The van der Waals surface area contributed by atoms with Gasteiger partial charge in [-0.25, -0.2) is 12.8 Å². The first-order valence-electron chi connectivity index (χ1n) is 5.92. The van der Waals surface area contributed by atoms with Crippen molar-refractivity contribution in [2.75, 3.05) is 7.05 Å². The molecule has 1 aromatic carbocycles. The fraction of sp³-hybridized carbons (Fsp3) is 0.417. The number of rotatable bonds is 3. The summed E-state index contributed by atoms with van der Waals surface area (Å²) in [6.45, 7) is 0. The molecule has 0 spiro atoms. The minimum atomic E-state index is -4.13. The van der Waals surface area contributed by atoms with Crippen LogP contribution >= 0.6 is 22.3 Å². The molecule has 0 saturated heterocycles. The normalized spacial score (nSPS) is 15.8. The van der Waals surface area contributed by atoms with Crippen LogP contribution in [-0.4, -0.2) is 32.3 Å². The molecule has 0 heterocycles. The third kappa shape index (κ3) is 2.92. The summed E-state index contributed by atoms with van der Waals surface area (Å²) >= 11 is 5.76. The van der Waals surface area contributed by atoms with Crippen LogP contribution in [0.25, 0.3) is 0 Å². The van der Waals surface area contributed by atoms with Gasteiger partial charge in [-0.05, 0) is 31.4 Å². The van der Waals surface area contributed by atoms with Crippen LogP contribution in [0.3, 0.4) is 0 Å². The Kier molecular flexibility index (Phi) is 4.27. The maximum Gasteiger partial charge on any atom is 0.261 e. The lowest BCUT2D eigenvalue weighted by Gasteiger charge is -2.35. The Morgan fingerprint density at radius 1 is 1.40 bits per heavy atom. The average molecular weight is 340 g/mol. The summed E-state index contributed by atoms with van der Waals surface area (Å²) in [6.07, 6.45) is 2.77. The number of nitrogens with zero attached hydrogens (tertiary/aromatic N) is 1. The van der Waals surface area contributed by atoms with E-state index in [1.165, 1.54) is 4.90 Å². The van der Waals surface area contributed by atoms with Crippen LogP contribution in [0.4, 0.5) is 4.39 Å². The third-order valence-electron chi connectivity index (χ3n) is 3.46. The molecule has 0 unspecified atom stereocenters. The van der Waals surface area contributed by atoms with E-state index in [1.54, 1.807) is 7.05 Å². The van der Waals surface area contributed by atoms with E-state index in [4.69, 9.17) is 22.3 Å². The molecule has 0 aromatic heterocycles. The molecule has 1 aliphatic rings. The average Bonchev–Trinajstić information content (AvgIpc) is 2.27. The fourth-order valence-electron chi connectivity index (χ4n) is 1.99. The van der Waals surface area contributed by atoms with Gasteiger partial charge in [0.1, 0.15) is 5.82 Å². The molecule has 1 fully saturated rings. The first-order valence-corrected chi connectivity index (χ1v) is 8.61. The molecule has 8 heteroatoms. The fourth-order valence-corrected chi connectivity index (χ4v) is 2.95. The summed E-state index contributed by atoms with van der Waals surface area (Å²) < 4.78 is 36.2. The second kappa shape index (κ2) is 5.50. The first kappa shape index (κ1) is 15.5. The SMILES string of the molecule is CN(C(=O)c1cc(S(=O)(=O)Cl)cc(F)c1Cl)C1CCC1. The van der Waals surface area contributed by atoms with Crippen LogP contribution in [0.5, 0.6) is 0 Å². The first-order chi connectivity index (χ1) is 9.21. The highest BCUT2D eigenvalue weighted by molar-refractivity contribution is 8.13. The molecule has 1 aliphatic carbocycles. The lowest BCUT2D eigenvalue weighted by Crippen LogP contribution is -2.41. The number of carbonyl (C=O) groups is 1. The van der Waals surface area contributed by atoms with Crippen molar-refractivity contribution in [3.63, 3.8) is 0 Å². The molecule has 0 aliphatic heterocycles. The van der Waals surface area contributed by atoms with Crippen molar-refractivity contribution in [3.05, 3.63) is 28.5 Å². The second-order valence-corrected chi connectivity index (χ2v) is 7.65. The Morgan fingerprint density at radius 2 is 2.00 bits per heavy atom. The molecular formula is C12H12Cl2FNO3S. The number of halogens is 3. The highest BCUT2D eigenvalue weighted by atomic mass is 35.7. The van der Waals surface area contributed by atoms with E-state index >= 15 is 0 Å². The zero-order valence-electron chi connectivity index (χ0n) is 10.6. The number of carbonyl (C=O) groups excluding carboxylic acids is 1. The summed E-state index contributed by atoms with van der Waals surface area (Å²) in [7, 11) is 2.63. The van der Waals surface area contributed by atoms with E-state index in [0.29, 0.717) is 6.07 Å². The Hall–Kier alpha value is -0.850. The molecule has 1 saturated carbocycles. The Balaban J connectivity index is 2.44.